The zero-order valence-corrected chi connectivity index (χ0v) is 28.7. The summed E-state index contributed by atoms with van der Waals surface area (Å²) in [5, 5.41) is 11.9. The van der Waals surface area contributed by atoms with Crippen LogP contribution in [0.25, 0.3) is 44.3 Å². The Bertz CT molecular complexity index is 1590. The van der Waals surface area contributed by atoms with E-state index < -0.39 is 0 Å². The number of aryl methyl sites for hydroxylation is 1. The number of hydrogen-bond acceptors (Lipinski definition) is 3. The van der Waals surface area contributed by atoms with Gasteiger partial charge in [-0.05, 0) is 69.3 Å². The van der Waals surface area contributed by atoms with Crippen LogP contribution in [0.3, 0.4) is 0 Å². The van der Waals surface area contributed by atoms with Crippen molar-refractivity contribution >= 4 is 16.6 Å². The van der Waals surface area contributed by atoms with Gasteiger partial charge in [-0.1, -0.05) is 96.0 Å². The van der Waals surface area contributed by atoms with Gasteiger partial charge in [0.15, 0.2) is 5.78 Å². The van der Waals surface area contributed by atoms with Crippen LogP contribution in [-0.2, 0) is 31.3 Å². The topological polar surface area (TPSA) is 50.2 Å². The molecular formula is C38H44IrNO2-. The van der Waals surface area contributed by atoms with E-state index in [1.54, 1.807) is 0 Å². The Labute approximate surface area is 265 Å². The van der Waals surface area contributed by atoms with Crippen molar-refractivity contribution in [2.45, 2.75) is 74.7 Å². The summed E-state index contributed by atoms with van der Waals surface area (Å²) in [4.78, 5) is 16.1. The van der Waals surface area contributed by atoms with Gasteiger partial charge in [-0.15, -0.1) is 29.8 Å². The standard InChI is InChI=1S/C27H24N.C11H20O2.Ir/c1-17-16-28-26-23-9-6-5-8-20(23)24-14-18(15-27(2,3)4)12-13-21(24)22-11-7-10-19(17)25(22)26;1-8(2)5-10(12)7-11(13)6-9(3)4;/h5-8,10-14,16H,15H2,1-4H3;7-9,12H,5-6H2,1-4H3;/q-1;;/b;10-7-;. The Balaban J connectivity index is 0.000000297. The van der Waals surface area contributed by atoms with Gasteiger partial charge in [-0.2, -0.15) is 0 Å². The number of aliphatic hydroxyl groups excluding tert-OH is 1. The van der Waals surface area contributed by atoms with Crippen LogP contribution in [0, 0.1) is 30.2 Å². The summed E-state index contributed by atoms with van der Waals surface area (Å²) in [6.45, 7) is 17.0. The minimum atomic E-state index is 0. The van der Waals surface area contributed by atoms with Gasteiger partial charge in [0.1, 0.15) is 0 Å². The molecule has 1 aromatic heterocycles. The molecule has 0 unspecified atom stereocenters. The van der Waals surface area contributed by atoms with Crippen LogP contribution in [0.1, 0.15) is 72.4 Å². The van der Waals surface area contributed by atoms with E-state index in [4.69, 9.17) is 4.98 Å². The largest absolute Gasteiger partial charge is 0.512 e. The van der Waals surface area contributed by atoms with Crippen molar-refractivity contribution in [3.8, 4) is 33.5 Å². The number of pyridine rings is 1. The predicted octanol–water partition coefficient (Wildman–Crippen LogP) is 10.3. The van der Waals surface area contributed by atoms with E-state index in [2.05, 4.69) is 82.3 Å². The number of benzene rings is 3. The van der Waals surface area contributed by atoms with Crippen LogP contribution in [0.5, 0.6) is 0 Å². The van der Waals surface area contributed by atoms with Crippen LogP contribution in [0.4, 0.5) is 0 Å². The van der Waals surface area contributed by atoms with Crippen LogP contribution < -0.4 is 0 Å². The van der Waals surface area contributed by atoms with Gasteiger partial charge >= 0.3 is 0 Å². The summed E-state index contributed by atoms with van der Waals surface area (Å²) >= 11 is 0. The predicted molar refractivity (Wildman–Crippen MR) is 173 cm³/mol. The maximum atomic E-state index is 11.2. The summed E-state index contributed by atoms with van der Waals surface area (Å²) < 4.78 is 0. The Morgan fingerprint density at radius 3 is 2.29 bits per heavy atom. The maximum Gasteiger partial charge on any atom is 0.159 e. The molecule has 1 N–H and O–H groups in total. The van der Waals surface area contributed by atoms with Crippen molar-refractivity contribution in [3.63, 3.8) is 0 Å². The fraction of sp³-hybridized carbons (Fsp3) is 0.368. The average Bonchev–Trinajstić information content (AvgIpc) is 2.98. The molecule has 0 saturated carbocycles. The molecule has 223 valence electrons. The molecule has 0 fully saturated rings. The van der Waals surface area contributed by atoms with E-state index in [9.17, 15) is 9.90 Å². The summed E-state index contributed by atoms with van der Waals surface area (Å²) in [6.07, 6.45) is 5.51. The Morgan fingerprint density at radius 2 is 1.62 bits per heavy atom. The minimum Gasteiger partial charge on any atom is -0.512 e. The van der Waals surface area contributed by atoms with Crippen molar-refractivity contribution in [2.75, 3.05) is 0 Å². The zero-order valence-electron chi connectivity index (χ0n) is 26.3. The van der Waals surface area contributed by atoms with Gasteiger partial charge in [0.2, 0.25) is 0 Å². The SMILES string of the molecule is CC(C)CC(=O)/C=C(\O)CC(C)C.Cc1cnc2c3c(cccc13)-c1ccc(CC(C)(C)C)cc1-c1ccc[c-]c1-2.[Ir]. The van der Waals surface area contributed by atoms with E-state index >= 15 is 0 Å². The fourth-order valence-corrected chi connectivity index (χ4v) is 5.60. The first kappa shape index (κ1) is 33.4. The van der Waals surface area contributed by atoms with E-state index in [1.807, 2.05) is 40.0 Å². The van der Waals surface area contributed by atoms with Crippen LogP contribution >= 0.6 is 0 Å². The molecule has 4 aromatic rings. The fourth-order valence-electron chi connectivity index (χ4n) is 5.60. The Hall–Kier alpha value is -3.07. The average molecular weight is 739 g/mol. The van der Waals surface area contributed by atoms with Gasteiger partial charge in [0.25, 0.3) is 0 Å². The molecule has 0 spiro atoms. The number of aromatic nitrogens is 1. The van der Waals surface area contributed by atoms with Crippen molar-refractivity contribution in [3.05, 3.63) is 89.8 Å². The van der Waals surface area contributed by atoms with Crippen molar-refractivity contribution in [1.82, 2.24) is 4.98 Å². The second kappa shape index (κ2) is 13.9. The van der Waals surface area contributed by atoms with Gasteiger partial charge in [-0.25, -0.2) is 0 Å². The summed E-state index contributed by atoms with van der Waals surface area (Å²) in [5.41, 5.74) is 10.1. The number of carbonyl (C=O) groups excluding carboxylic acids is 1. The van der Waals surface area contributed by atoms with E-state index in [-0.39, 0.29) is 37.1 Å². The van der Waals surface area contributed by atoms with Crippen LogP contribution in [0.15, 0.2) is 72.6 Å². The number of allylic oxidation sites excluding steroid dienone is 2. The number of hydrogen-bond donors (Lipinski definition) is 1. The van der Waals surface area contributed by atoms with Crippen LogP contribution in [0.2, 0.25) is 0 Å². The first-order valence-electron chi connectivity index (χ1n) is 14.8. The number of ketones is 1. The molecule has 1 heterocycles. The molecule has 1 aliphatic rings. The third-order valence-electron chi connectivity index (χ3n) is 7.16. The van der Waals surface area contributed by atoms with E-state index in [0.717, 1.165) is 17.7 Å². The minimum absolute atomic E-state index is 0. The Kier molecular flexibility index (Phi) is 11.1. The monoisotopic (exact) mass is 739 g/mol. The number of nitrogens with zero attached hydrogens (tertiary/aromatic N) is 1. The molecule has 0 atom stereocenters. The summed E-state index contributed by atoms with van der Waals surface area (Å²) in [7, 11) is 0. The summed E-state index contributed by atoms with van der Waals surface area (Å²) in [6, 6.07) is 23.4. The first-order valence-corrected chi connectivity index (χ1v) is 14.8. The number of carbonyl (C=O) groups is 1. The van der Waals surface area contributed by atoms with Crippen molar-refractivity contribution < 1.29 is 30.0 Å². The smallest absolute Gasteiger partial charge is 0.159 e. The quantitative estimate of drug-likeness (QED) is 0.107. The molecule has 0 aliphatic heterocycles. The maximum absolute atomic E-state index is 11.2. The zero-order chi connectivity index (χ0) is 29.9. The molecule has 3 nitrogen and oxygen atoms in total. The third kappa shape index (κ3) is 8.06. The van der Waals surface area contributed by atoms with E-state index in [0.29, 0.717) is 24.7 Å². The number of rotatable bonds is 6. The molecule has 0 amide bonds. The van der Waals surface area contributed by atoms with Crippen molar-refractivity contribution in [2.24, 2.45) is 17.3 Å². The third-order valence-corrected chi connectivity index (χ3v) is 7.16. The number of fused-ring (bicyclic) bond motifs is 5. The van der Waals surface area contributed by atoms with Gasteiger partial charge in [0.05, 0.1) is 5.76 Å². The molecule has 4 heteroatoms. The Morgan fingerprint density at radius 1 is 0.929 bits per heavy atom. The normalized spacial score (nSPS) is 12.2. The van der Waals surface area contributed by atoms with E-state index in [1.165, 1.54) is 50.2 Å². The second-order valence-electron chi connectivity index (χ2n) is 13.4. The molecule has 3 aromatic carbocycles. The van der Waals surface area contributed by atoms with Gasteiger partial charge in [0, 0.05) is 45.2 Å². The molecule has 1 aliphatic carbocycles. The molecule has 5 rings (SSSR count). The molecule has 0 bridgehead atoms. The summed E-state index contributed by atoms with van der Waals surface area (Å²) in [5.74, 6) is 0.979. The van der Waals surface area contributed by atoms with Crippen LogP contribution in [-0.4, -0.2) is 15.9 Å². The molecular weight excluding hydrogens is 695 g/mol. The first-order chi connectivity index (χ1) is 19.3. The molecule has 42 heavy (non-hydrogen) atoms. The molecule has 0 saturated heterocycles. The number of aliphatic hydroxyl groups is 1. The van der Waals surface area contributed by atoms with Crippen molar-refractivity contribution in [1.29, 1.82) is 0 Å². The van der Waals surface area contributed by atoms with Gasteiger partial charge in [-0.3, -0.25) is 4.79 Å². The second-order valence-corrected chi connectivity index (χ2v) is 13.4. The van der Waals surface area contributed by atoms with Gasteiger partial charge < -0.3 is 10.1 Å². The molecule has 1 radical (unpaired) electrons.